The maximum atomic E-state index is 13.2. The van der Waals surface area contributed by atoms with Crippen LogP contribution in [0.15, 0.2) is 60.8 Å². The van der Waals surface area contributed by atoms with E-state index in [0.717, 1.165) is 22.0 Å². The van der Waals surface area contributed by atoms with E-state index >= 15 is 0 Å². The molecule has 0 fully saturated rings. The molecule has 0 radical (unpaired) electrons. The highest BCUT2D eigenvalue weighted by molar-refractivity contribution is 6.37. The number of hydrogen-bond acceptors (Lipinski definition) is 2. The Morgan fingerprint density at radius 3 is 2.37 bits per heavy atom. The molecule has 0 amide bonds. The normalized spacial score (nSPS) is 11.0. The molecule has 152 valence electrons. The summed E-state index contributed by atoms with van der Waals surface area (Å²) < 4.78 is 19.1. The second-order valence-electron chi connectivity index (χ2n) is 6.89. The SMILES string of the molecule is O=C(O)Cc1cc(Cl)c(Oc2ccc3[nH]cc(Cc4ccc(F)cc4)c3c2)c(Cl)c1. The molecular weight excluding hydrogens is 428 g/mol. The van der Waals surface area contributed by atoms with Crippen LogP contribution in [0.4, 0.5) is 4.39 Å². The van der Waals surface area contributed by atoms with E-state index < -0.39 is 5.97 Å². The summed E-state index contributed by atoms with van der Waals surface area (Å²) in [6, 6.07) is 15.0. The highest BCUT2D eigenvalue weighted by atomic mass is 35.5. The van der Waals surface area contributed by atoms with Crippen LogP contribution in [-0.4, -0.2) is 16.1 Å². The van der Waals surface area contributed by atoms with Crippen molar-refractivity contribution in [1.29, 1.82) is 0 Å². The number of aromatic nitrogens is 1. The molecule has 1 aromatic heterocycles. The average molecular weight is 444 g/mol. The molecule has 0 aliphatic carbocycles. The number of carboxylic acids is 1. The Hall–Kier alpha value is -3.02. The number of aromatic amines is 1. The molecule has 30 heavy (non-hydrogen) atoms. The number of halogens is 3. The van der Waals surface area contributed by atoms with Crippen LogP contribution in [0.1, 0.15) is 16.7 Å². The molecule has 0 aliphatic heterocycles. The second-order valence-corrected chi connectivity index (χ2v) is 7.70. The number of aliphatic carboxylic acids is 1. The van der Waals surface area contributed by atoms with Gasteiger partial charge in [0.25, 0.3) is 0 Å². The number of rotatable bonds is 6. The first-order valence-electron chi connectivity index (χ1n) is 9.11. The van der Waals surface area contributed by atoms with E-state index in [2.05, 4.69) is 4.98 Å². The Morgan fingerprint density at radius 2 is 1.70 bits per heavy atom. The largest absolute Gasteiger partial charge is 0.481 e. The van der Waals surface area contributed by atoms with E-state index in [9.17, 15) is 9.18 Å². The van der Waals surface area contributed by atoms with Crippen molar-refractivity contribution in [2.24, 2.45) is 0 Å². The van der Waals surface area contributed by atoms with Crippen LogP contribution in [-0.2, 0) is 17.6 Å². The number of nitrogens with one attached hydrogen (secondary N) is 1. The molecule has 0 spiro atoms. The van der Waals surface area contributed by atoms with Crippen molar-refractivity contribution in [1.82, 2.24) is 4.98 Å². The number of ether oxygens (including phenoxy) is 1. The van der Waals surface area contributed by atoms with Gasteiger partial charge >= 0.3 is 5.97 Å². The number of benzene rings is 3. The standard InChI is InChI=1S/C23H16Cl2FNO3/c24-19-8-14(10-22(28)29)9-20(25)23(19)30-17-5-6-21-18(11-17)15(12-27-21)7-13-1-3-16(26)4-2-13/h1-6,8-9,11-12,27H,7,10H2,(H,28,29). The van der Waals surface area contributed by atoms with E-state index in [0.29, 0.717) is 17.7 Å². The molecule has 0 atom stereocenters. The second kappa shape index (κ2) is 8.38. The summed E-state index contributed by atoms with van der Waals surface area (Å²) in [5, 5.41) is 10.4. The van der Waals surface area contributed by atoms with E-state index in [1.54, 1.807) is 18.2 Å². The lowest BCUT2D eigenvalue weighted by atomic mass is 10.0. The molecule has 1 heterocycles. The number of carboxylic acid groups (broad SMARTS) is 1. The Bertz CT molecular complexity index is 1210. The van der Waals surface area contributed by atoms with Gasteiger partial charge in [0.15, 0.2) is 5.75 Å². The van der Waals surface area contributed by atoms with Crippen LogP contribution >= 0.6 is 23.2 Å². The zero-order valence-corrected chi connectivity index (χ0v) is 17.1. The smallest absolute Gasteiger partial charge is 0.307 e. The predicted molar refractivity (Wildman–Crippen MR) is 115 cm³/mol. The summed E-state index contributed by atoms with van der Waals surface area (Å²) in [5.41, 5.74) is 3.46. The molecule has 4 rings (SSSR count). The fraction of sp³-hybridized carbons (Fsp3) is 0.0870. The summed E-state index contributed by atoms with van der Waals surface area (Å²) in [6.07, 6.45) is 2.37. The minimum Gasteiger partial charge on any atom is -0.481 e. The van der Waals surface area contributed by atoms with Gasteiger partial charge in [-0.3, -0.25) is 4.79 Å². The molecule has 0 aliphatic rings. The lowest BCUT2D eigenvalue weighted by Gasteiger charge is -2.11. The van der Waals surface area contributed by atoms with Crippen molar-refractivity contribution in [3.05, 3.63) is 93.3 Å². The Morgan fingerprint density at radius 1 is 1.00 bits per heavy atom. The first-order chi connectivity index (χ1) is 14.4. The Labute approximate surface area is 181 Å². The third-order valence-electron chi connectivity index (χ3n) is 4.68. The predicted octanol–water partition coefficient (Wildman–Crippen LogP) is 6.62. The molecule has 7 heteroatoms. The van der Waals surface area contributed by atoms with Crippen molar-refractivity contribution < 1.29 is 19.0 Å². The van der Waals surface area contributed by atoms with Crippen LogP contribution in [0.3, 0.4) is 0 Å². The third kappa shape index (κ3) is 4.42. The van der Waals surface area contributed by atoms with E-state index in [1.807, 2.05) is 18.3 Å². The van der Waals surface area contributed by atoms with Crippen molar-refractivity contribution in [2.45, 2.75) is 12.8 Å². The average Bonchev–Trinajstić information content (AvgIpc) is 3.08. The van der Waals surface area contributed by atoms with Gasteiger partial charge < -0.3 is 14.8 Å². The van der Waals surface area contributed by atoms with Crippen LogP contribution in [0, 0.1) is 5.82 Å². The Balaban J connectivity index is 1.62. The number of hydrogen-bond donors (Lipinski definition) is 2. The maximum absolute atomic E-state index is 13.2. The van der Waals surface area contributed by atoms with Gasteiger partial charge in [-0.15, -0.1) is 0 Å². The molecular formula is C23H16Cl2FNO3. The maximum Gasteiger partial charge on any atom is 0.307 e. The van der Waals surface area contributed by atoms with E-state index in [1.165, 1.54) is 24.3 Å². The van der Waals surface area contributed by atoms with Crippen molar-refractivity contribution in [3.63, 3.8) is 0 Å². The Kier molecular flexibility index (Phi) is 5.66. The number of carbonyl (C=O) groups is 1. The van der Waals surface area contributed by atoms with Gasteiger partial charge in [0.2, 0.25) is 0 Å². The van der Waals surface area contributed by atoms with Crippen LogP contribution in [0.5, 0.6) is 11.5 Å². The molecule has 0 unspecified atom stereocenters. The first-order valence-corrected chi connectivity index (χ1v) is 9.86. The van der Waals surface area contributed by atoms with E-state index in [4.69, 9.17) is 33.0 Å². The van der Waals surface area contributed by atoms with Crippen molar-refractivity contribution in [2.75, 3.05) is 0 Å². The summed E-state index contributed by atoms with van der Waals surface area (Å²) in [4.78, 5) is 14.1. The van der Waals surface area contributed by atoms with Gasteiger partial charge in [0, 0.05) is 17.1 Å². The van der Waals surface area contributed by atoms with E-state index in [-0.39, 0.29) is 28.0 Å². The molecule has 4 nitrogen and oxygen atoms in total. The fourth-order valence-corrected chi connectivity index (χ4v) is 3.90. The lowest BCUT2D eigenvalue weighted by molar-refractivity contribution is -0.136. The molecule has 4 aromatic rings. The molecule has 0 saturated carbocycles. The minimum absolute atomic E-state index is 0.179. The summed E-state index contributed by atoms with van der Waals surface area (Å²) in [7, 11) is 0. The lowest BCUT2D eigenvalue weighted by Crippen LogP contribution is -2.00. The third-order valence-corrected chi connectivity index (χ3v) is 5.24. The molecule has 0 saturated heterocycles. The monoisotopic (exact) mass is 443 g/mol. The van der Waals surface area contributed by atoms with Crippen LogP contribution in [0.2, 0.25) is 10.0 Å². The van der Waals surface area contributed by atoms with Crippen molar-refractivity contribution in [3.8, 4) is 11.5 Å². The van der Waals surface area contributed by atoms with Gasteiger partial charge in [0.05, 0.1) is 16.5 Å². The van der Waals surface area contributed by atoms with Gasteiger partial charge in [-0.25, -0.2) is 4.39 Å². The zero-order valence-electron chi connectivity index (χ0n) is 15.6. The highest BCUT2D eigenvalue weighted by Gasteiger charge is 2.14. The first kappa shape index (κ1) is 20.3. The molecule has 0 bridgehead atoms. The molecule has 3 aromatic carbocycles. The van der Waals surface area contributed by atoms with Gasteiger partial charge in [0.1, 0.15) is 11.6 Å². The number of fused-ring (bicyclic) bond motifs is 1. The highest BCUT2D eigenvalue weighted by Crippen LogP contribution is 2.38. The zero-order chi connectivity index (χ0) is 21.3. The van der Waals surface area contributed by atoms with Gasteiger partial charge in [-0.2, -0.15) is 0 Å². The minimum atomic E-state index is -0.970. The van der Waals surface area contributed by atoms with Crippen LogP contribution in [0.25, 0.3) is 10.9 Å². The quantitative estimate of drug-likeness (QED) is 0.351. The molecule has 2 N–H and O–H groups in total. The summed E-state index contributed by atoms with van der Waals surface area (Å²) in [5.74, 6) is -0.432. The number of H-pyrrole nitrogens is 1. The fourth-order valence-electron chi connectivity index (χ4n) is 3.29. The van der Waals surface area contributed by atoms with Crippen molar-refractivity contribution >= 4 is 40.1 Å². The van der Waals surface area contributed by atoms with Gasteiger partial charge in [-0.05, 0) is 65.6 Å². The summed E-state index contributed by atoms with van der Waals surface area (Å²) in [6.45, 7) is 0. The van der Waals surface area contributed by atoms with Gasteiger partial charge in [-0.1, -0.05) is 35.3 Å². The van der Waals surface area contributed by atoms with Crippen LogP contribution < -0.4 is 4.74 Å². The summed E-state index contributed by atoms with van der Waals surface area (Å²) >= 11 is 12.6. The topological polar surface area (TPSA) is 62.3 Å².